The van der Waals surface area contributed by atoms with Gasteiger partial charge in [-0.2, -0.15) is 9.97 Å². The molecule has 4 nitrogen and oxygen atoms in total. The summed E-state index contributed by atoms with van der Waals surface area (Å²) < 4.78 is 2.20. The molecule has 9 aromatic rings. The molecule has 54 heavy (non-hydrogen) atoms. The number of benzene rings is 7. The fourth-order valence-corrected chi connectivity index (χ4v) is 13.9. The number of rotatable bonds is 8. The second kappa shape index (κ2) is 13.6. The third-order valence-electron chi connectivity index (χ3n) is 10.6. The average molecular weight is 729 g/mol. The molecule has 0 spiro atoms. The summed E-state index contributed by atoms with van der Waals surface area (Å²) in [6, 6.07) is 67.9. The molecule has 0 unspecified atom stereocenters. The first-order chi connectivity index (χ1) is 26.4. The van der Waals surface area contributed by atoms with E-state index in [1.54, 1.807) is 0 Å². The minimum Gasteiger partial charge on any atom is -0.278 e. The van der Waals surface area contributed by atoms with Crippen LogP contribution < -0.4 is 25.9 Å². The van der Waals surface area contributed by atoms with E-state index in [2.05, 4.69) is 212 Å². The summed E-state index contributed by atoms with van der Waals surface area (Å²) in [6.07, 6.45) is 0. The Hall–Kier alpha value is -6.22. The second-order valence-electron chi connectivity index (χ2n) is 14.9. The predicted molar refractivity (Wildman–Crippen MR) is 232 cm³/mol. The zero-order valence-corrected chi connectivity index (χ0v) is 32.7. The van der Waals surface area contributed by atoms with Crippen LogP contribution in [0.25, 0.3) is 50.5 Å². The van der Waals surface area contributed by atoms with Gasteiger partial charge in [-0.05, 0) is 32.9 Å². The molecule has 0 amide bonds. The summed E-state index contributed by atoms with van der Waals surface area (Å²) in [4.78, 5) is 15.9. The van der Waals surface area contributed by atoms with Crippen molar-refractivity contribution in [3.05, 3.63) is 188 Å². The molecular weight excluding hydrogens is 689 g/mol. The molecule has 6 heteroatoms. The van der Waals surface area contributed by atoms with Crippen LogP contribution in [0, 0.1) is 0 Å². The normalized spacial score (nSPS) is 12.0. The van der Waals surface area contributed by atoms with E-state index < -0.39 is 16.1 Å². The Kier molecular flexibility index (Phi) is 8.49. The van der Waals surface area contributed by atoms with Gasteiger partial charge in [0.25, 0.3) is 0 Å². The van der Waals surface area contributed by atoms with Gasteiger partial charge in [-0.25, -0.2) is 4.98 Å². The molecule has 0 N–H and O–H groups in total. The van der Waals surface area contributed by atoms with Crippen molar-refractivity contribution >= 4 is 63.9 Å². The third-order valence-corrected chi connectivity index (χ3v) is 17.4. The Bertz CT molecular complexity index is 2610. The van der Waals surface area contributed by atoms with E-state index >= 15 is 0 Å². The minimum absolute atomic E-state index is 0.605. The van der Waals surface area contributed by atoms with Crippen LogP contribution in [0.3, 0.4) is 0 Å². The van der Waals surface area contributed by atoms with E-state index in [4.69, 9.17) is 15.0 Å². The van der Waals surface area contributed by atoms with Crippen molar-refractivity contribution in [1.82, 2.24) is 19.5 Å². The Labute approximate surface area is 318 Å². The van der Waals surface area contributed by atoms with Gasteiger partial charge in [-0.3, -0.25) is 4.57 Å². The highest BCUT2D eigenvalue weighted by Gasteiger charge is 2.41. The Balaban J connectivity index is 1.32. The van der Waals surface area contributed by atoms with Crippen LogP contribution in [0.2, 0.25) is 19.6 Å². The number of hydrogen-bond donors (Lipinski definition) is 0. The molecule has 0 saturated heterocycles. The monoisotopic (exact) mass is 728 g/mol. The molecule has 0 aliphatic rings. The summed E-state index contributed by atoms with van der Waals surface area (Å²) in [5.74, 6) is 1.92. The van der Waals surface area contributed by atoms with E-state index in [1.165, 1.54) is 36.7 Å². The Morgan fingerprint density at radius 1 is 0.370 bits per heavy atom. The van der Waals surface area contributed by atoms with Crippen molar-refractivity contribution in [2.75, 3.05) is 0 Å². The maximum atomic E-state index is 5.35. The van der Waals surface area contributed by atoms with Crippen LogP contribution in [0.5, 0.6) is 0 Å². The summed E-state index contributed by atoms with van der Waals surface area (Å²) in [7, 11) is -4.39. The Morgan fingerprint density at radius 3 is 1.22 bits per heavy atom. The molecule has 0 atom stereocenters. The first kappa shape index (κ1) is 33.6. The second-order valence-corrected chi connectivity index (χ2v) is 23.8. The lowest BCUT2D eigenvalue weighted by Gasteiger charge is -2.34. The molecule has 9 rings (SSSR count). The summed E-state index contributed by atoms with van der Waals surface area (Å²) >= 11 is 0. The molecule has 0 radical (unpaired) electrons. The number of fused-ring (bicyclic) bond motifs is 3. The highest BCUT2D eigenvalue weighted by atomic mass is 28.3. The molecule has 0 bridgehead atoms. The van der Waals surface area contributed by atoms with Crippen LogP contribution in [-0.4, -0.2) is 35.7 Å². The van der Waals surface area contributed by atoms with E-state index in [0.717, 1.165) is 22.2 Å². The van der Waals surface area contributed by atoms with Crippen molar-refractivity contribution in [3.8, 4) is 28.7 Å². The fraction of sp³-hybridized carbons (Fsp3) is 0.0625. The van der Waals surface area contributed by atoms with E-state index in [1.807, 2.05) is 0 Å². The predicted octanol–water partition coefficient (Wildman–Crippen LogP) is 8.23. The molecule has 2 heterocycles. The number of aromatic nitrogens is 4. The molecule has 0 aliphatic carbocycles. The molecular formula is C48H40N4Si2. The average Bonchev–Trinajstić information content (AvgIpc) is 3.57. The van der Waals surface area contributed by atoms with Crippen LogP contribution in [0.4, 0.5) is 0 Å². The number of hydrogen-bond acceptors (Lipinski definition) is 3. The first-order valence-electron chi connectivity index (χ1n) is 18.5. The SMILES string of the molecule is C[Si](C)(C)c1cccc(-c2nc(-c3cccc([Si](c4ccccc4)(c4ccccc4)c4ccccc4)c3)nc(-n3c4ccccc4c4ccccc43)n2)c1. The van der Waals surface area contributed by atoms with Crippen molar-refractivity contribution in [3.63, 3.8) is 0 Å². The van der Waals surface area contributed by atoms with Crippen LogP contribution in [0.1, 0.15) is 0 Å². The van der Waals surface area contributed by atoms with Gasteiger partial charge in [0.05, 0.1) is 19.1 Å². The van der Waals surface area contributed by atoms with Crippen LogP contribution in [0.15, 0.2) is 188 Å². The topological polar surface area (TPSA) is 43.6 Å². The van der Waals surface area contributed by atoms with Gasteiger partial charge >= 0.3 is 0 Å². The zero-order chi connectivity index (χ0) is 36.7. The minimum atomic E-state index is -2.78. The largest absolute Gasteiger partial charge is 0.278 e. The Morgan fingerprint density at radius 2 is 0.759 bits per heavy atom. The highest BCUT2D eigenvalue weighted by Crippen LogP contribution is 2.32. The quantitative estimate of drug-likeness (QED) is 0.117. The van der Waals surface area contributed by atoms with Crippen molar-refractivity contribution in [2.24, 2.45) is 0 Å². The molecule has 0 saturated carbocycles. The lowest BCUT2D eigenvalue weighted by molar-refractivity contribution is 0.953. The van der Waals surface area contributed by atoms with Gasteiger partial charge in [0.2, 0.25) is 5.95 Å². The van der Waals surface area contributed by atoms with E-state index in [9.17, 15) is 0 Å². The van der Waals surface area contributed by atoms with E-state index in [-0.39, 0.29) is 0 Å². The highest BCUT2D eigenvalue weighted by molar-refractivity contribution is 7.19. The van der Waals surface area contributed by atoms with Crippen LogP contribution in [-0.2, 0) is 0 Å². The number of nitrogens with zero attached hydrogens (tertiary/aromatic N) is 4. The van der Waals surface area contributed by atoms with Gasteiger partial charge in [-0.15, -0.1) is 0 Å². The lowest BCUT2D eigenvalue weighted by atomic mass is 10.2. The van der Waals surface area contributed by atoms with Gasteiger partial charge < -0.3 is 0 Å². The summed E-state index contributed by atoms with van der Waals surface area (Å²) in [5.41, 5.74) is 4.09. The molecule has 0 aliphatic heterocycles. The lowest BCUT2D eigenvalue weighted by Crippen LogP contribution is -2.74. The summed E-state index contributed by atoms with van der Waals surface area (Å²) in [5, 5.41) is 8.95. The van der Waals surface area contributed by atoms with E-state index in [0.29, 0.717) is 17.6 Å². The maximum absolute atomic E-state index is 5.35. The van der Waals surface area contributed by atoms with Crippen molar-refractivity contribution in [1.29, 1.82) is 0 Å². The van der Waals surface area contributed by atoms with Gasteiger partial charge in [0.1, 0.15) is 0 Å². The van der Waals surface area contributed by atoms with Gasteiger partial charge in [-0.1, -0.05) is 201 Å². The fourth-order valence-electron chi connectivity index (χ4n) is 7.94. The smallest absolute Gasteiger partial charge is 0.238 e. The summed E-state index contributed by atoms with van der Waals surface area (Å²) in [6.45, 7) is 7.13. The maximum Gasteiger partial charge on any atom is 0.238 e. The third kappa shape index (κ3) is 5.80. The van der Waals surface area contributed by atoms with Crippen molar-refractivity contribution < 1.29 is 0 Å². The molecule has 260 valence electrons. The van der Waals surface area contributed by atoms with Crippen molar-refractivity contribution in [2.45, 2.75) is 19.6 Å². The standard InChI is InChI=1S/C48H40N4Si2/c1-53(2,3)40-27-17-19-35(33-40)46-49-47(51-48(50-46)52-44-31-15-13-29-42(44)43-30-14-16-32-45(43)52)36-20-18-28-41(34-36)54(37-21-7-4-8-22-37,38-23-9-5-10-24-38)39-25-11-6-12-26-39/h4-34H,1-3H3. The van der Waals surface area contributed by atoms with Gasteiger partial charge in [0.15, 0.2) is 19.7 Å². The zero-order valence-electron chi connectivity index (χ0n) is 30.7. The molecule has 7 aromatic carbocycles. The van der Waals surface area contributed by atoms with Crippen LogP contribution >= 0.6 is 0 Å². The number of para-hydroxylation sites is 2. The first-order valence-corrected chi connectivity index (χ1v) is 24.0. The molecule has 0 fully saturated rings. The molecule has 2 aromatic heterocycles. The van der Waals surface area contributed by atoms with Gasteiger partial charge in [0, 0.05) is 21.9 Å².